The number of carbonyl (C=O) groups excluding carboxylic acids is 2. The van der Waals surface area contributed by atoms with Gasteiger partial charge in [-0.2, -0.15) is 9.78 Å². The van der Waals surface area contributed by atoms with Gasteiger partial charge in [-0.1, -0.05) is 20.8 Å². The second-order valence-corrected chi connectivity index (χ2v) is 7.61. The lowest BCUT2D eigenvalue weighted by Gasteiger charge is -2.34. The smallest absolute Gasteiger partial charge is 0.315 e. The fraction of sp³-hybridized carbons (Fsp3) is 0.526. The Balaban J connectivity index is 1.83. The van der Waals surface area contributed by atoms with E-state index < -0.39 is 11.8 Å². The first-order valence-corrected chi connectivity index (χ1v) is 9.54. The third-order valence-corrected chi connectivity index (χ3v) is 4.77. The van der Waals surface area contributed by atoms with Crippen molar-refractivity contribution in [2.24, 2.45) is 11.8 Å². The van der Waals surface area contributed by atoms with E-state index in [-0.39, 0.29) is 17.3 Å². The van der Waals surface area contributed by atoms with Crippen molar-refractivity contribution in [1.29, 1.82) is 0 Å². The van der Waals surface area contributed by atoms with Crippen molar-refractivity contribution in [1.82, 2.24) is 24.6 Å². The summed E-state index contributed by atoms with van der Waals surface area (Å²) >= 11 is 0. The second kappa shape index (κ2) is 7.95. The molecule has 0 saturated carbocycles. The number of amides is 2. The van der Waals surface area contributed by atoms with Crippen molar-refractivity contribution in [3.05, 3.63) is 33.9 Å². The molecule has 0 bridgehead atoms. The second-order valence-electron chi connectivity index (χ2n) is 7.61. The lowest BCUT2D eigenvalue weighted by Crippen LogP contribution is -2.47. The average Bonchev–Trinajstić information content (AvgIpc) is 2.99. The molecule has 3 rings (SSSR count). The number of nitrogens with one attached hydrogen (secondary N) is 2. The van der Waals surface area contributed by atoms with Crippen LogP contribution >= 0.6 is 0 Å². The Kier molecular flexibility index (Phi) is 5.62. The molecule has 1 aliphatic rings. The molecule has 0 spiro atoms. The van der Waals surface area contributed by atoms with Crippen LogP contribution in [-0.4, -0.2) is 49.6 Å². The fourth-order valence-electron chi connectivity index (χ4n) is 3.67. The van der Waals surface area contributed by atoms with Gasteiger partial charge in [-0.15, -0.1) is 0 Å². The van der Waals surface area contributed by atoms with Crippen LogP contribution in [-0.2, 0) is 16.0 Å². The Bertz CT molecular complexity index is 937. The summed E-state index contributed by atoms with van der Waals surface area (Å²) in [6, 6.07) is 3.05. The van der Waals surface area contributed by atoms with Crippen molar-refractivity contribution in [2.45, 2.75) is 40.5 Å². The van der Waals surface area contributed by atoms with Crippen LogP contribution in [0.5, 0.6) is 0 Å². The monoisotopic (exact) mass is 386 g/mol. The molecule has 2 aromatic rings. The molecule has 9 heteroatoms. The maximum atomic E-state index is 12.6. The molecule has 1 fully saturated rings. The summed E-state index contributed by atoms with van der Waals surface area (Å²) in [5, 5.41) is 6.91. The minimum absolute atomic E-state index is 0.195. The van der Waals surface area contributed by atoms with Crippen LogP contribution < -0.4 is 10.9 Å². The summed E-state index contributed by atoms with van der Waals surface area (Å²) in [4.78, 5) is 45.6. The molecule has 0 radical (unpaired) electrons. The lowest BCUT2D eigenvalue weighted by molar-refractivity contribution is -0.145. The van der Waals surface area contributed by atoms with Gasteiger partial charge in [-0.25, -0.2) is 4.98 Å². The Morgan fingerprint density at radius 2 is 1.93 bits per heavy atom. The summed E-state index contributed by atoms with van der Waals surface area (Å²) in [5.41, 5.74) is 0.920. The highest BCUT2D eigenvalue weighted by Crippen LogP contribution is 2.21. The highest BCUT2D eigenvalue weighted by atomic mass is 16.2. The first-order valence-electron chi connectivity index (χ1n) is 9.54. The van der Waals surface area contributed by atoms with Crippen LogP contribution in [0.3, 0.4) is 0 Å². The van der Waals surface area contributed by atoms with Crippen LogP contribution in [0.1, 0.15) is 38.6 Å². The molecule has 1 saturated heterocycles. The number of aromatic amines is 1. The Hall–Kier alpha value is -2.97. The number of nitrogens with zero attached hydrogens (tertiary/aromatic N) is 4. The highest BCUT2D eigenvalue weighted by molar-refractivity contribution is 6.39. The van der Waals surface area contributed by atoms with E-state index in [0.29, 0.717) is 42.7 Å². The Morgan fingerprint density at radius 1 is 1.25 bits per heavy atom. The number of likely N-dealkylation sites (tertiary alicyclic amines) is 1. The van der Waals surface area contributed by atoms with Crippen molar-refractivity contribution >= 4 is 17.6 Å². The summed E-state index contributed by atoms with van der Waals surface area (Å²) in [7, 11) is 0. The van der Waals surface area contributed by atoms with Gasteiger partial charge in [0.05, 0.1) is 5.69 Å². The van der Waals surface area contributed by atoms with Gasteiger partial charge in [0, 0.05) is 30.9 Å². The maximum Gasteiger partial charge on any atom is 0.315 e. The minimum Gasteiger partial charge on any atom is -0.334 e. The van der Waals surface area contributed by atoms with E-state index >= 15 is 0 Å². The number of piperidine rings is 1. The first kappa shape index (κ1) is 19.8. The topological polar surface area (TPSA) is 113 Å². The van der Waals surface area contributed by atoms with Crippen LogP contribution in [0.15, 0.2) is 16.9 Å². The predicted molar refractivity (Wildman–Crippen MR) is 104 cm³/mol. The quantitative estimate of drug-likeness (QED) is 0.772. The number of hydrogen-bond donors (Lipinski definition) is 2. The zero-order chi connectivity index (χ0) is 20.4. The number of anilines is 1. The van der Waals surface area contributed by atoms with Crippen LogP contribution in [0.25, 0.3) is 5.95 Å². The number of H-pyrrole nitrogens is 1. The van der Waals surface area contributed by atoms with E-state index in [1.807, 2.05) is 6.92 Å². The van der Waals surface area contributed by atoms with Gasteiger partial charge in [0.2, 0.25) is 5.95 Å². The van der Waals surface area contributed by atoms with Gasteiger partial charge in [-0.05, 0) is 31.6 Å². The maximum absolute atomic E-state index is 12.6. The van der Waals surface area contributed by atoms with Crippen molar-refractivity contribution in [3.63, 3.8) is 0 Å². The standard InChI is InChI=1S/C19H26N6O3/c1-5-14-8-16(26)22-19(20-14)25-15(7-13(4)23-25)21-17(27)18(28)24-9-11(2)6-12(3)10-24/h7-8,11-12H,5-6,9-10H2,1-4H3,(H,21,27)(H,20,22,26)/t11-,12-/m1/s1. The lowest BCUT2D eigenvalue weighted by atomic mass is 9.92. The predicted octanol–water partition coefficient (Wildman–Crippen LogP) is 1.27. The number of carbonyl (C=O) groups is 2. The van der Waals surface area contributed by atoms with Crippen molar-refractivity contribution in [3.8, 4) is 5.95 Å². The molecule has 0 aromatic carbocycles. The van der Waals surface area contributed by atoms with Crippen LogP contribution in [0.2, 0.25) is 0 Å². The third-order valence-electron chi connectivity index (χ3n) is 4.77. The number of rotatable bonds is 3. The molecule has 150 valence electrons. The van der Waals surface area contributed by atoms with Crippen LogP contribution in [0, 0.1) is 18.8 Å². The molecule has 2 amide bonds. The van der Waals surface area contributed by atoms with E-state index in [2.05, 4.69) is 34.2 Å². The summed E-state index contributed by atoms with van der Waals surface area (Å²) in [6.07, 6.45) is 1.63. The molecule has 0 aliphatic carbocycles. The molecule has 2 aromatic heterocycles. The van der Waals surface area contributed by atoms with Gasteiger partial charge in [0.15, 0.2) is 0 Å². The average molecular weight is 386 g/mol. The normalized spacial score (nSPS) is 19.5. The van der Waals surface area contributed by atoms with Gasteiger partial charge >= 0.3 is 11.8 Å². The van der Waals surface area contributed by atoms with E-state index in [1.54, 1.807) is 17.9 Å². The zero-order valence-electron chi connectivity index (χ0n) is 16.7. The van der Waals surface area contributed by atoms with Gasteiger partial charge < -0.3 is 10.2 Å². The molecule has 28 heavy (non-hydrogen) atoms. The highest BCUT2D eigenvalue weighted by Gasteiger charge is 2.30. The van der Waals surface area contributed by atoms with Crippen molar-refractivity contribution in [2.75, 3.05) is 18.4 Å². The number of aromatic nitrogens is 4. The third kappa shape index (κ3) is 4.29. The molecular formula is C19H26N6O3. The molecule has 2 N–H and O–H groups in total. The van der Waals surface area contributed by atoms with E-state index in [9.17, 15) is 14.4 Å². The molecule has 2 atom stereocenters. The summed E-state index contributed by atoms with van der Waals surface area (Å²) in [5.74, 6) is -0.0894. The van der Waals surface area contributed by atoms with E-state index in [1.165, 1.54) is 10.7 Å². The van der Waals surface area contributed by atoms with Crippen LogP contribution in [0.4, 0.5) is 5.82 Å². The fourth-order valence-corrected chi connectivity index (χ4v) is 3.67. The Morgan fingerprint density at radius 3 is 2.57 bits per heavy atom. The molecule has 9 nitrogen and oxygen atoms in total. The van der Waals surface area contributed by atoms with Gasteiger partial charge in [0.25, 0.3) is 5.56 Å². The number of hydrogen-bond acceptors (Lipinski definition) is 5. The van der Waals surface area contributed by atoms with Gasteiger partial charge in [0.1, 0.15) is 5.82 Å². The molecule has 1 aliphatic heterocycles. The Labute approximate surface area is 163 Å². The minimum atomic E-state index is -0.726. The molecular weight excluding hydrogens is 360 g/mol. The summed E-state index contributed by atoms with van der Waals surface area (Å²) in [6.45, 7) is 8.94. The van der Waals surface area contributed by atoms with Crippen molar-refractivity contribution < 1.29 is 9.59 Å². The SMILES string of the molecule is CCc1cc(=O)[nH]c(-n2nc(C)cc2NC(=O)C(=O)N2C[C@H](C)C[C@@H](C)C2)n1. The van der Waals surface area contributed by atoms with E-state index in [0.717, 1.165) is 6.42 Å². The molecule has 0 unspecified atom stereocenters. The number of aryl methyl sites for hydroxylation is 2. The van der Waals surface area contributed by atoms with Gasteiger partial charge in [-0.3, -0.25) is 19.4 Å². The zero-order valence-corrected chi connectivity index (χ0v) is 16.7. The van der Waals surface area contributed by atoms with E-state index in [4.69, 9.17) is 0 Å². The largest absolute Gasteiger partial charge is 0.334 e. The first-order chi connectivity index (χ1) is 13.3. The summed E-state index contributed by atoms with van der Waals surface area (Å²) < 4.78 is 1.34. The molecule has 3 heterocycles.